The minimum Gasteiger partial charge on any atom is -0.480 e. The van der Waals surface area contributed by atoms with Crippen LogP contribution in [0.1, 0.15) is 38.5 Å². The van der Waals surface area contributed by atoms with Gasteiger partial charge >= 0.3 is 5.97 Å². The van der Waals surface area contributed by atoms with Crippen LogP contribution < -0.4 is 5.73 Å². The highest BCUT2D eigenvalue weighted by Gasteiger charge is 2.16. The second-order valence-corrected chi connectivity index (χ2v) is 3.55. The van der Waals surface area contributed by atoms with Crippen LogP contribution in [0.15, 0.2) is 11.6 Å². The summed E-state index contributed by atoms with van der Waals surface area (Å²) >= 11 is 0. The molecule has 0 aliphatic heterocycles. The first-order valence-corrected chi connectivity index (χ1v) is 4.89. The maximum absolute atomic E-state index is 10.6. The first-order chi connectivity index (χ1) is 6.22. The van der Waals surface area contributed by atoms with E-state index < -0.39 is 12.0 Å². The summed E-state index contributed by atoms with van der Waals surface area (Å²) in [5.41, 5.74) is 6.45. The molecule has 1 unspecified atom stereocenters. The van der Waals surface area contributed by atoms with Crippen molar-refractivity contribution in [2.75, 3.05) is 0 Å². The standard InChI is InChI=1S/C10H17NO2/c11-9(10(12)13)8-6-4-2-1-3-5-7-8/h6,9H,1-5,7,11H2,(H,12,13). The van der Waals surface area contributed by atoms with E-state index in [9.17, 15) is 4.79 Å². The van der Waals surface area contributed by atoms with Gasteiger partial charge in [0.2, 0.25) is 0 Å². The van der Waals surface area contributed by atoms with Crippen LogP contribution in [-0.2, 0) is 4.79 Å². The monoisotopic (exact) mass is 183 g/mol. The lowest BCUT2D eigenvalue weighted by molar-refractivity contribution is -0.137. The molecular formula is C10H17NO2. The third-order valence-electron chi connectivity index (χ3n) is 2.49. The molecule has 74 valence electrons. The average molecular weight is 183 g/mol. The van der Waals surface area contributed by atoms with E-state index in [0.717, 1.165) is 31.3 Å². The van der Waals surface area contributed by atoms with E-state index in [0.29, 0.717) is 0 Å². The van der Waals surface area contributed by atoms with Crippen LogP contribution in [0, 0.1) is 0 Å². The summed E-state index contributed by atoms with van der Waals surface area (Å²) < 4.78 is 0. The number of rotatable bonds is 2. The molecule has 1 atom stereocenters. The Labute approximate surface area is 78.6 Å². The number of hydrogen-bond donors (Lipinski definition) is 2. The Hall–Kier alpha value is -0.830. The van der Waals surface area contributed by atoms with E-state index in [1.165, 1.54) is 12.8 Å². The van der Waals surface area contributed by atoms with Crippen molar-refractivity contribution >= 4 is 5.97 Å². The maximum atomic E-state index is 10.6. The van der Waals surface area contributed by atoms with Crippen molar-refractivity contribution in [1.29, 1.82) is 0 Å². The molecule has 3 nitrogen and oxygen atoms in total. The highest BCUT2D eigenvalue weighted by atomic mass is 16.4. The molecular weight excluding hydrogens is 166 g/mol. The summed E-state index contributed by atoms with van der Waals surface area (Å²) in [5.74, 6) is -0.910. The molecule has 0 amide bonds. The summed E-state index contributed by atoms with van der Waals surface area (Å²) in [7, 11) is 0. The van der Waals surface area contributed by atoms with Crippen molar-refractivity contribution in [3.05, 3.63) is 11.6 Å². The van der Waals surface area contributed by atoms with E-state index >= 15 is 0 Å². The van der Waals surface area contributed by atoms with Gasteiger partial charge in [-0.25, -0.2) is 0 Å². The predicted octanol–water partition coefficient (Wildman–Crippen LogP) is 1.68. The molecule has 0 aromatic heterocycles. The normalized spacial score (nSPS) is 21.2. The molecule has 3 heteroatoms. The molecule has 0 heterocycles. The first kappa shape index (κ1) is 10.3. The van der Waals surface area contributed by atoms with Gasteiger partial charge in [-0.05, 0) is 31.3 Å². The zero-order valence-electron chi connectivity index (χ0n) is 7.83. The molecule has 1 aliphatic rings. The average Bonchev–Trinajstić information content (AvgIpc) is 2.02. The Kier molecular flexibility index (Phi) is 3.96. The highest BCUT2D eigenvalue weighted by molar-refractivity contribution is 5.77. The predicted molar refractivity (Wildman–Crippen MR) is 51.4 cm³/mol. The van der Waals surface area contributed by atoms with E-state index in [2.05, 4.69) is 0 Å². The summed E-state index contributed by atoms with van der Waals surface area (Å²) in [6, 6.07) is -0.780. The maximum Gasteiger partial charge on any atom is 0.324 e. The fourth-order valence-electron chi connectivity index (χ4n) is 1.66. The highest BCUT2D eigenvalue weighted by Crippen LogP contribution is 2.18. The number of allylic oxidation sites excluding steroid dienone is 1. The lowest BCUT2D eigenvalue weighted by Gasteiger charge is -2.14. The molecule has 0 aromatic carbocycles. The topological polar surface area (TPSA) is 63.3 Å². The summed E-state index contributed by atoms with van der Waals surface area (Å²) in [6.45, 7) is 0. The van der Waals surface area contributed by atoms with Gasteiger partial charge in [-0.15, -0.1) is 0 Å². The van der Waals surface area contributed by atoms with Gasteiger partial charge in [-0.1, -0.05) is 18.9 Å². The van der Waals surface area contributed by atoms with Crippen molar-refractivity contribution in [3.63, 3.8) is 0 Å². The van der Waals surface area contributed by atoms with Crippen molar-refractivity contribution < 1.29 is 9.90 Å². The fraction of sp³-hybridized carbons (Fsp3) is 0.700. The Bertz CT molecular complexity index is 211. The van der Waals surface area contributed by atoms with Gasteiger partial charge < -0.3 is 10.8 Å². The third kappa shape index (κ3) is 3.19. The molecule has 3 N–H and O–H groups in total. The van der Waals surface area contributed by atoms with Crippen LogP contribution in [0.2, 0.25) is 0 Å². The fourth-order valence-corrected chi connectivity index (χ4v) is 1.66. The molecule has 0 bridgehead atoms. The van der Waals surface area contributed by atoms with Crippen LogP contribution in [0.3, 0.4) is 0 Å². The number of hydrogen-bond acceptors (Lipinski definition) is 2. The Morgan fingerprint density at radius 2 is 2.08 bits per heavy atom. The Morgan fingerprint density at radius 3 is 2.77 bits per heavy atom. The molecule has 0 saturated heterocycles. The largest absolute Gasteiger partial charge is 0.480 e. The lowest BCUT2D eigenvalue weighted by Crippen LogP contribution is -2.32. The zero-order chi connectivity index (χ0) is 9.68. The van der Waals surface area contributed by atoms with Crippen molar-refractivity contribution in [1.82, 2.24) is 0 Å². The number of carboxylic acid groups (broad SMARTS) is 1. The molecule has 0 saturated carbocycles. The van der Waals surface area contributed by atoms with Gasteiger partial charge in [0.1, 0.15) is 6.04 Å². The number of carboxylic acids is 1. The molecule has 0 spiro atoms. The van der Waals surface area contributed by atoms with E-state index in [1.54, 1.807) is 0 Å². The van der Waals surface area contributed by atoms with Crippen LogP contribution >= 0.6 is 0 Å². The smallest absolute Gasteiger partial charge is 0.324 e. The lowest BCUT2D eigenvalue weighted by atomic mass is 9.95. The number of aliphatic carboxylic acids is 1. The van der Waals surface area contributed by atoms with Crippen molar-refractivity contribution in [2.45, 2.75) is 44.6 Å². The van der Waals surface area contributed by atoms with Crippen molar-refractivity contribution in [2.24, 2.45) is 5.73 Å². The second-order valence-electron chi connectivity index (χ2n) is 3.55. The van der Waals surface area contributed by atoms with Crippen LogP contribution in [0.5, 0.6) is 0 Å². The second kappa shape index (κ2) is 5.02. The van der Waals surface area contributed by atoms with Gasteiger partial charge in [0.15, 0.2) is 0 Å². The van der Waals surface area contributed by atoms with Gasteiger partial charge in [0.25, 0.3) is 0 Å². The Morgan fingerprint density at radius 1 is 1.38 bits per heavy atom. The minimum atomic E-state index is -0.910. The summed E-state index contributed by atoms with van der Waals surface area (Å²) in [6.07, 6.45) is 8.54. The molecule has 1 aliphatic carbocycles. The van der Waals surface area contributed by atoms with Gasteiger partial charge in [-0.3, -0.25) is 4.79 Å². The van der Waals surface area contributed by atoms with E-state index in [4.69, 9.17) is 10.8 Å². The number of nitrogens with two attached hydrogens (primary N) is 1. The van der Waals surface area contributed by atoms with Gasteiger partial charge in [0, 0.05) is 0 Å². The minimum absolute atomic E-state index is 0.780. The SMILES string of the molecule is NC(C(=O)O)C1=CCCCCCC1. The van der Waals surface area contributed by atoms with Crippen molar-refractivity contribution in [3.8, 4) is 0 Å². The summed E-state index contributed by atoms with van der Waals surface area (Å²) in [5, 5.41) is 8.73. The molecule has 0 fully saturated rings. The van der Waals surface area contributed by atoms with Crippen LogP contribution in [0.25, 0.3) is 0 Å². The molecule has 0 aromatic rings. The number of carbonyl (C=O) groups is 1. The summed E-state index contributed by atoms with van der Waals surface area (Å²) in [4.78, 5) is 10.6. The van der Waals surface area contributed by atoms with E-state index in [-0.39, 0.29) is 0 Å². The van der Waals surface area contributed by atoms with Crippen LogP contribution in [0.4, 0.5) is 0 Å². The first-order valence-electron chi connectivity index (χ1n) is 4.89. The van der Waals surface area contributed by atoms with Gasteiger partial charge in [0.05, 0.1) is 0 Å². The molecule has 1 rings (SSSR count). The molecule has 13 heavy (non-hydrogen) atoms. The Balaban J connectivity index is 2.58. The van der Waals surface area contributed by atoms with Crippen LogP contribution in [-0.4, -0.2) is 17.1 Å². The zero-order valence-corrected chi connectivity index (χ0v) is 7.83. The molecule has 0 radical (unpaired) electrons. The van der Waals surface area contributed by atoms with Gasteiger partial charge in [-0.2, -0.15) is 0 Å². The van der Waals surface area contributed by atoms with E-state index in [1.807, 2.05) is 6.08 Å². The third-order valence-corrected chi connectivity index (χ3v) is 2.49. The quantitative estimate of drug-likeness (QED) is 0.640.